The Morgan fingerprint density at radius 2 is 1.47 bits per heavy atom. The van der Waals surface area contributed by atoms with Crippen LogP contribution in [0.3, 0.4) is 0 Å². The zero-order valence-corrected chi connectivity index (χ0v) is 17.8. The normalized spacial score (nSPS) is 12.4. The van der Waals surface area contributed by atoms with E-state index >= 15 is 0 Å². The molecule has 2 atom stereocenters. The van der Waals surface area contributed by atoms with Crippen molar-refractivity contribution in [2.75, 3.05) is 17.2 Å². The van der Waals surface area contributed by atoms with Crippen LogP contribution in [0.2, 0.25) is 0 Å². The molecule has 0 radical (unpaired) electrons. The monoisotopic (exact) mass is 411 g/mol. The van der Waals surface area contributed by atoms with Gasteiger partial charge in [0.25, 0.3) is 0 Å². The minimum Gasteiger partial charge on any atom is -0.462 e. The molecule has 3 amide bonds. The van der Waals surface area contributed by atoms with E-state index in [1.807, 2.05) is 32.9 Å². The summed E-state index contributed by atoms with van der Waals surface area (Å²) in [7, 11) is 0. The summed E-state index contributed by atoms with van der Waals surface area (Å²) in [6, 6.07) is 12.7. The Kier molecular flexibility index (Phi) is 8.41. The molecule has 30 heavy (non-hydrogen) atoms. The predicted molar refractivity (Wildman–Crippen MR) is 118 cm³/mol. The lowest BCUT2D eigenvalue weighted by atomic mass is 9.98. The average molecular weight is 412 g/mol. The van der Waals surface area contributed by atoms with Gasteiger partial charge in [-0.05, 0) is 56.2 Å². The number of hydrogen-bond acceptors (Lipinski definition) is 4. The number of carbonyl (C=O) groups excluding carboxylic acids is 3. The molecule has 7 nitrogen and oxygen atoms in total. The van der Waals surface area contributed by atoms with Crippen LogP contribution in [0.1, 0.15) is 43.1 Å². The topological polar surface area (TPSA) is 96.5 Å². The van der Waals surface area contributed by atoms with Crippen LogP contribution in [0.15, 0.2) is 48.5 Å². The number of carbonyl (C=O) groups is 3. The van der Waals surface area contributed by atoms with Crippen molar-refractivity contribution in [2.24, 2.45) is 5.92 Å². The molecule has 0 fully saturated rings. The number of aryl methyl sites for hydroxylation is 1. The summed E-state index contributed by atoms with van der Waals surface area (Å²) < 4.78 is 4.95. The summed E-state index contributed by atoms with van der Waals surface area (Å²) in [5, 5.41) is 8.31. The molecule has 160 valence electrons. The third-order valence-electron chi connectivity index (χ3n) is 4.76. The van der Waals surface area contributed by atoms with Gasteiger partial charge in [-0.15, -0.1) is 0 Å². The van der Waals surface area contributed by atoms with Crippen molar-refractivity contribution in [3.05, 3.63) is 59.7 Å². The van der Waals surface area contributed by atoms with Crippen LogP contribution in [0.5, 0.6) is 0 Å². The summed E-state index contributed by atoms with van der Waals surface area (Å²) in [6.45, 7) is 7.86. The largest absolute Gasteiger partial charge is 0.462 e. The minimum atomic E-state index is -0.717. The highest BCUT2D eigenvalue weighted by atomic mass is 16.5. The van der Waals surface area contributed by atoms with Crippen molar-refractivity contribution in [3.63, 3.8) is 0 Å². The number of rotatable bonds is 8. The number of anilines is 2. The lowest BCUT2D eigenvalue weighted by Crippen LogP contribution is -2.49. The van der Waals surface area contributed by atoms with Crippen LogP contribution in [-0.2, 0) is 9.53 Å². The van der Waals surface area contributed by atoms with Crippen LogP contribution >= 0.6 is 0 Å². The van der Waals surface area contributed by atoms with Gasteiger partial charge in [0.15, 0.2) is 0 Å². The molecule has 2 aromatic carbocycles. The molecule has 7 heteroatoms. The molecule has 2 unspecified atom stereocenters. The molecule has 0 aliphatic carbocycles. The van der Waals surface area contributed by atoms with E-state index in [1.54, 1.807) is 43.3 Å². The highest BCUT2D eigenvalue weighted by Gasteiger charge is 2.26. The Morgan fingerprint density at radius 3 is 2.03 bits per heavy atom. The maximum absolute atomic E-state index is 12.8. The van der Waals surface area contributed by atoms with E-state index in [0.717, 1.165) is 5.56 Å². The van der Waals surface area contributed by atoms with Gasteiger partial charge in [-0.1, -0.05) is 38.0 Å². The number of ether oxygens (including phenoxy) is 1. The zero-order chi connectivity index (χ0) is 22.1. The molecule has 0 heterocycles. The molecule has 3 N–H and O–H groups in total. The summed E-state index contributed by atoms with van der Waals surface area (Å²) in [4.78, 5) is 37.0. The molecule has 2 rings (SSSR count). The molecule has 0 saturated heterocycles. The van der Waals surface area contributed by atoms with Gasteiger partial charge in [-0.25, -0.2) is 9.59 Å². The summed E-state index contributed by atoms with van der Waals surface area (Å²) >= 11 is 0. The lowest BCUT2D eigenvalue weighted by molar-refractivity contribution is -0.119. The van der Waals surface area contributed by atoms with Crippen LogP contribution < -0.4 is 16.0 Å². The number of amides is 3. The molecule has 0 spiro atoms. The van der Waals surface area contributed by atoms with E-state index in [1.165, 1.54) is 0 Å². The third-order valence-corrected chi connectivity index (χ3v) is 4.76. The van der Waals surface area contributed by atoms with Crippen LogP contribution in [-0.4, -0.2) is 30.6 Å². The first-order valence-electron chi connectivity index (χ1n) is 10.1. The molecule has 0 aliphatic rings. The Morgan fingerprint density at radius 1 is 0.900 bits per heavy atom. The van der Waals surface area contributed by atoms with E-state index in [2.05, 4.69) is 16.0 Å². The van der Waals surface area contributed by atoms with E-state index in [0.29, 0.717) is 30.0 Å². The van der Waals surface area contributed by atoms with Gasteiger partial charge >= 0.3 is 12.0 Å². The van der Waals surface area contributed by atoms with Gasteiger partial charge in [0.05, 0.1) is 12.2 Å². The maximum Gasteiger partial charge on any atom is 0.338 e. The molecule has 0 saturated carbocycles. The first kappa shape index (κ1) is 22.9. The summed E-state index contributed by atoms with van der Waals surface area (Å²) in [5.74, 6) is -0.817. The fourth-order valence-electron chi connectivity index (χ4n) is 2.77. The van der Waals surface area contributed by atoms with E-state index in [-0.39, 0.29) is 11.8 Å². The number of hydrogen-bond donors (Lipinski definition) is 3. The first-order chi connectivity index (χ1) is 14.3. The Balaban J connectivity index is 2.03. The van der Waals surface area contributed by atoms with Gasteiger partial charge < -0.3 is 20.7 Å². The molecule has 2 aromatic rings. The van der Waals surface area contributed by atoms with Crippen molar-refractivity contribution in [2.45, 2.75) is 40.2 Å². The van der Waals surface area contributed by atoms with Gasteiger partial charge in [-0.2, -0.15) is 0 Å². The second-order valence-electron chi connectivity index (χ2n) is 7.11. The molecular formula is C23H29N3O4. The van der Waals surface area contributed by atoms with Crippen molar-refractivity contribution < 1.29 is 19.1 Å². The number of nitrogens with one attached hydrogen (secondary N) is 3. The number of esters is 1. The number of benzene rings is 2. The predicted octanol–water partition coefficient (Wildman–Crippen LogP) is 4.35. The quantitative estimate of drug-likeness (QED) is 0.563. The number of urea groups is 1. The minimum absolute atomic E-state index is 0.0763. The second-order valence-corrected chi connectivity index (χ2v) is 7.11. The molecule has 0 aliphatic heterocycles. The smallest absolute Gasteiger partial charge is 0.338 e. The van der Waals surface area contributed by atoms with Crippen molar-refractivity contribution >= 4 is 29.3 Å². The van der Waals surface area contributed by atoms with Crippen LogP contribution in [0, 0.1) is 12.8 Å². The van der Waals surface area contributed by atoms with Gasteiger partial charge in [-0.3, -0.25) is 4.79 Å². The molecular weight excluding hydrogens is 382 g/mol. The average Bonchev–Trinajstić information content (AvgIpc) is 2.73. The highest BCUT2D eigenvalue weighted by Crippen LogP contribution is 2.15. The fraction of sp³-hybridized carbons (Fsp3) is 0.348. The van der Waals surface area contributed by atoms with Crippen molar-refractivity contribution in [1.82, 2.24) is 5.32 Å². The SMILES string of the molecule is CCOC(=O)c1ccc(NC(=O)C(NC(=O)Nc2ccc(C)cc2)C(C)CC)cc1. The third kappa shape index (κ3) is 6.62. The van der Waals surface area contributed by atoms with Gasteiger partial charge in [0.1, 0.15) is 6.04 Å². The summed E-state index contributed by atoms with van der Waals surface area (Å²) in [6.07, 6.45) is 0.713. The lowest BCUT2D eigenvalue weighted by Gasteiger charge is -2.23. The summed E-state index contributed by atoms with van der Waals surface area (Å²) in [5.41, 5.74) is 2.67. The maximum atomic E-state index is 12.8. The van der Waals surface area contributed by atoms with Crippen molar-refractivity contribution in [1.29, 1.82) is 0 Å². The Bertz CT molecular complexity index is 863. The molecule has 0 aromatic heterocycles. The second kappa shape index (κ2) is 11.0. The van der Waals surface area contributed by atoms with Gasteiger partial charge in [0.2, 0.25) is 5.91 Å². The Hall–Kier alpha value is -3.35. The van der Waals surface area contributed by atoms with E-state index in [9.17, 15) is 14.4 Å². The van der Waals surface area contributed by atoms with Crippen molar-refractivity contribution in [3.8, 4) is 0 Å². The standard InChI is InChI=1S/C23H29N3O4/c1-5-16(4)20(26-23(29)25-19-11-7-15(3)8-12-19)21(27)24-18-13-9-17(10-14-18)22(28)30-6-2/h7-14,16,20H,5-6H2,1-4H3,(H,24,27)(H2,25,26,29). The molecule has 0 bridgehead atoms. The van der Waals surface area contributed by atoms with Crippen LogP contribution in [0.4, 0.5) is 16.2 Å². The first-order valence-corrected chi connectivity index (χ1v) is 10.1. The Labute approximate surface area is 177 Å². The van der Waals surface area contributed by atoms with E-state index in [4.69, 9.17) is 4.74 Å². The fourth-order valence-corrected chi connectivity index (χ4v) is 2.77. The van der Waals surface area contributed by atoms with Crippen LogP contribution in [0.25, 0.3) is 0 Å². The van der Waals surface area contributed by atoms with Gasteiger partial charge in [0, 0.05) is 11.4 Å². The highest BCUT2D eigenvalue weighted by molar-refractivity contribution is 5.99. The van der Waals surface area contributed by atoms with E-state index < -0.39 is 18.0 Å². The zero-order valence-electron chi connectivity index (χ0n) is 17.8.